The molecule has 0 N–H and O–H groups in total. The van der Waals surface area contributed by atoms with Crippen molar-refractivity contribution in [3.05, 3.63) is 47.0 Å². The van der Waals surface area contributed by atoms with Crippen LogP contribution in [0.3, 0.4) is 0 Å². The van der Waals surface area contributed by atoms with Gasteiger partial charge in [0.2, 0.25) is 0 Å². The molecule has 2 aromatic rings. The maximum absolute atomic E-state index is 5.96. The molecule has 1 unspecified atom stereocenters. The van der Waals surface area contributed by atoms with Crippen LogP contribution in [0.25, 0.3) is 10.8 Å². The zero-order valence-corrected chi connectivity index (χ0v) is 10.8. The van der Waals surface area contributed by atoms with Gasteiger partial charge in [0.1, 0.15) is 0 Å². The summed E-state index contributed by atoms with van der Waals surface area (Å²) >= 11 is 0. The molecule has 0 spiro atoms. The number of aryl methyl sites for hydroxylation is 2. The van der Waals surface area contributed by atoms with Crippen LogP contribution < -0.4 is 0 Å². The molecule has 2 aliphatic rings. The van der Waals surface area contributed by atoms with Crippen molar-refractivity contribution >= 4 is 10.8 Å². The van der Waals surface area contributed by atoms with Gasteiger partial charge in [0.25, 0.3) is 0 Å². The van der Waals surface area contributed by atoms with Gasteiger partial charge in [-0.3, -0.25) is 0 Å². The second-order valence-corrected chi connectivity index (χ2v) is 5.66. The molecule has 2 aromatic carbocycles. The number of rotatable bonds is 1. The Morgan fingerprint density at radius 3 is 2.89 bits per heavy atom. The highest BCUT2D eigenvalue weighted by Gasteiger charge is 2.43. The normalized spacial score (nSPS) is 25.4. The molecule has 1 nitrogen and oxygen atoms in total. The van der Waals surface area contributed by atoms with Gasteiger partial charge >= 0.3 is 0 Å². The summed E-state index contributed by atoms with van der Waals surface area (Å²) in [4.78, 5) is 0. The fraction of sp³-hybridized carbons (Fsp3) is 0.412. The summed E-state index contributed by atoms with van der Waals surface area (Å²) in [5.41, 5.74) is 4.67. The number of hydrogen-bond donors (Lipinski definition) is 0. The second kappa shape index (κ2) is 3.58. The van der Waals surface area contributed by atoms with E-state index in [1.807, 2.05) is 7.11 Å². The molecule has 0 fully saturated rings. The van der Waals surface area contributed by atoms with E-state index >= 15 is 0 Å². The van der Waals surface area contributed by atoms with Gasteiger partial charge in [0.05, 0.1) is 5.60 Å². The van der Waals surface area contributed by atoms with Crippen LogP contribution in [0.4, 0.5) is 0 Å². The monoisotopic (exact) mass is 238 g/mol. The fourth-order valence-corrected chi connectivity index (χ4v) is 4.08. The lowest BCUT2D eigenvalue weighted by Crippen LogP contribution is -2.30. The average molecular weight is 238 g/mol. The first-order valence-corrected chi connectivity index (χ1v) is 6.93. The molecule has 18 heavy (non-hydrogen) atoms. The van der Waals surface area contributed by atoms with E-state index in [0.717, 1.165) is 0 Å². The third-order valence-electron chi connectivity index (χ3n) is 4.89. The van der Waals surface area contributed by atoms with Crippen LogP contribution in [0.2, 0.25) is 0 Å². The summed E-state index contributed by atoms with van der Waals surface area (Å²) in [5.74, 6) is 0. The van der Waals surface area contributed by atoms with Crippen molar-refractivity contribution in [1.82, 2.24) is 0 Å². The van der Waals surface area contributed by atoms with Gasteiger partial charge in [-0.1, -0.05) is 30.3 Å². The Balaban J connectivity index is 2.11. The van der Waals surface area contributed by atoms with E-state index in [-0.39, 0.29) is 5.60 Å². The molecule has 4 rings (SSSR count). The van der Waals surface area contributed by atoms with E-state index in [9.17, 15) is 0 Å². The number of benzene rings is 2. The summed E-state index contributed by atoms with van der Waals surface area (Å²) in [6, 6.07) is 11.2. The van der Waals surface area contributed by atoms with E-state index in [1.54, 1.807) is 5.56 Å². The molecule has 0 heterocycles. The predicted octanol–water partition coefficient (Wildman–Crippen LogP) is 3.96. The Bertz CT molecular complexity index is 629. The maximum Gasteiger partial charge on any atom is 0.0936 e. The van der Waals surface area contributed by atoms with Gasteiger partial charge in [-0.05, 0) is 59.6 Å². The van der Waals surface area contributed by atoms with Crippen molar-refractivity contribution in [2.24, 2.45) is 0 Å². The first-order valence-electron chi connectivity index (χ1n) is 6.93. The van der Waals surface area contributed by atoms with Crippen molar-refractivity contribution in [3.63, 3.8) is 0 Å². The van der Waals surface area contributed by atoms with E-state index in [2.05, 4.69) is 30.3 Å². The van der Waals surface area contributed by atoms with Crippen LogP contribution in [0.1, 0.15) is 36.0 Å². The highest BCUT2D eigenvalue weighted by atomic mass is 16.5. The summed E-state index contributed by atoms with van der Waals surface area (Å²) in [6.07, 6.45) is 6.02. The summed E-state index contributed by atoms with van der Waals surface area (Å²) < 4.78 is 5.96. The molecule has 0 bridgehead atoms. The maximum atomic E-state index is 5.96. The lowest BCUT2D eigenvalue weighted by Gasteiger charge is -2.35. The summed E-state index contributed by atoms with van der Waals surface area (Å²) in [7, 11) is 1.89. The standard InChI is InChI=1S/C17H18O/c1-18-17-9-4-7-15-14-6-3-2-5-12(14)11-13(8-10-17)16(15)17/h2-3,5-6,11H,4,7-10H2,1H3. The van der Waals surface area contributed by atoms with E-state index in [0.29, 0.717) is 0 Å². The van der Waals surface area contributed by atoms with Crippen LogP contribution >= 0.6 is 0 Å². The highest BCUT2D eigenvalue weighted by molar-refractivity contribution is 5.88. The summed E-state index contributed by atoms with van der Waals surface area (Å²) in [6.45, 7) is 0. The van der Waals surface area contributed by atoms with Gasteiger partial charge in [-0.2, -0.15) is 0 Å². The van der Waals surface area contributed by atoms with Crippen molar-refractivity contribution in [3.8, 4) is 0 Å². The molecule has 1 heteroatoms. The van der Waals surface area contributed by atoms with Crippen LogP contribution in [0.15, 0.2) is 30.3 Å². The first kappa shape index (κ1) is 10.6. The Kier molecular flexibility index (Phi) is 2.10. The van der Waals surface area contributed by atoms with E-state index < -0.39 is 0 Å². The Morgan fingerprint density at radius 2 is 2.00 bits per heavy atom. The van der Waals surface area contributed by atoms with Gasteiger partial charge in [-0.25, -0.2) is 0 Å². The van der Waals surface area contributed by atoms with Crippen molar-refractivity contribution < 1.29 is 4.74 Å². The van der Waals surface area contributed by atoms with Gasteiger partial charge < -0.3 is 4.74 Å². The number of fused-ring (bicyclic) bond motifs is 2. The average Bonchev–Trinajstić information content (AvgIpc) is 2.80. The smallest absolute Gasteiger partial charge is 0.0936 e. The zero-order chi connectivity index (χ0) is 12.2. The van der Waals surface area contributed by atoms with Crippen LogP contribution in [-0.4, -0.2) is 7.11 Å². The Labute approximate surface area is 108 Å². The van der Waals surface area contributed by atoms with Crippen LogP contribution in [0, 0.1) is 0 Å². The Hall–Kier alpha value is -1.34. The Morgan fingerprint density at radius 1 is 1.11 bits per heavy atom. The molecular weight excluding hydrogens is 220 g/mol. The molecule has 92 valence electrons. The van der Waals surface area contributed by atoms with Crippen LogP contribution in [0.5, 0.6) is 0 Å². The minimum absolute atomic E-state index is 0.0347. The molecule has 0 aromatic heterocycles. The lowest BCUT2D eigenvalue weighted by atomic mass is 9.78. The third kappa shape index (κ3) is 1.20. The predicted molar refractivity (Wildman–Crippen MR) is 73.9 cm³/mol. The van der Waals surface area contributed by atoms with Crippen molar-refractivity contribution in [2.75, 3.05) is 7.11 Å². The number of methoxy groups -OCH3 is 1. The zero-order valence-electron chi connectivity index (χ0n) is 10.8. The molecule has 0 amide bonds. The highest BCUT2D eigenvalue weighted by Crippen LogP contribution is 2.50. The second-order valence-electron chi connectivity index (χ2n) is 5.66. The largest absolute Gasteiger partial charge is 0.374 e. The van der Waals surface area contributed by atoms with Crippen molar-refractivity contribution in [2.45, 2.75) is 37.7 Å². The fourth-order valence-electron chi connectivity index (χ4n) is 4.08. The quantitative estimate of drug-likeness (QED) is 0.730. The van der Waals surface area contributed by atoms with Gasteiger partial charge in [0.15, 0.2) is 0 Å². The van der Waals surface area contributed by atoms with Crippen LogP contribution in [-0.2, 0) is 23.2 Å². The van der Waals surface area contributed by atoms with Gasteiger partial charge in [-0.15, -0.1) is 0 Å². The number of ether oxygens (including phenoxy) is 1. The lowest BCUT2D eigenvalue weighted by molar-refractivity contribution is -0.0268. The number of hydrogen-bond acceptors (Lipinski definition) is 1. The molecule has 0 saturated heterocycles. The minimum Gasteiger partial charge on any atom is -0.374 e. The first-order chi connectivity index (χ1) is 8.84. The molecule has 1 atom stereocenters. The molecule has 0 radical (unpaired) electrons. The van der Waals surface area contributed by atoms with Gasteiger partial charge in [0, 0.05) is 7.11 Å². The molecule has 2 aliphatic carbocycles. The molecule has 0 aliphatic heterocycles. The molecule has 0 saturated carbocycles. The third-order valence-corrected chi connectivity index (χ3v) is 4.89. The van der Waals surface area contributed by atoms with E-state index in [4.69, 9.17) is 4.74 Å². The summed E-state index contributed by atoms with van der Waals surface area (Å²) in [5, 5.41) is 2.85. The topological polar surface area (TPSA) is 9.23 Å². The van der Waals surface area contributed by atoms with E-state index in [1.165, 1.54) is 54.0 Å². The minimum atomic E-state index is 0.0347. The molecular formula is C17H18O. The SMILES string of the molecule is COC12CCCc3c1c(cc1ccccc31)CC2. The van der Waals surface area contributed by atoms with Crippen molar-refractivity contribution in [1.29, 1.82) is 0 Å².